The Kier molecular flexibility index (Phi) is 6.49. The van der Waals surface area contributed by atoms with Gasteiger partial charge in [-0.3, -0.25) is 0 Å². The number of para-hydroxylation sites is 1. The Balaban J connectivity index is 2.08. The smallest absolute Gasteiger partial charge is 0.240 e. The molecule has 0 aliphatic heterocycles. The predicted octanol–water partition coefficient (Wildman–Crippen LogP) is 2.07. The number of benzene rings is 2. The van der Waals surface area contributed by atoms with Gasteiger partial charge in [0, 0.05) is 18.7 Å². The van der Waals surface area contributed by atoms with E-state index in [0.29, 0.717) is 11.5 Å². The average molecular weight is 367 g/mol. The van der Waals surface area contributed by atoms with E-state index in [4.69, 9.17) is 18.9 Å². The third-order valence-corrected chi connectivity index (χ3v) is 4.80. The Labute approximate surface area is 147 Å². The van der Waals surface area contributed by atoms with Crippen LogP contribution in [0.1, 0.15) is 0 Å². The summed E-state index contributed by atoms with van der Waals surface area (Å²) in [4.78, 5) is 0.0155. The molecule has 0 spiro atoms. The first-order chi connectivity index (χ1) is 12.0. The lowest BCUT2D eigenvalue weighted by Crippen LogP contribution is -2.28. The van der Waals surface area contributed by atoms with Crippen LogP contribution in [0.5, 0.6) is 23.0 Å². The molecule has 1 N–H and O–H groups in total. The van der Waals surface area contributed by atoms with Gasteiger partial charge in [-0.1, -0.05) is 18.2 Å². The second kappa shape index (κ2) is 8.59. The van der Waals surface area contributed by atoms with Crippen molar-refractivity contribution in [2.75, 3.05) is 34.5 Å². The molecule has 8 heteroatoms. The monoisotopic (exact) mass is 367 g/mol. The zero-order valence-electron chi connectivity index (χ0n) is 14.3. The van der Waals surface area contributed by atoms with Crippen molar-refractivity contribution in [2.24, 2.45) is 0 Å². The van der Waals surface area contributed by atoms with E-state index in [1.807, 2.05) is 18.2 Å². The number of rotatable bonds is 9. The predicted molar refractivity (Wildman–Crippen MR) is 93.2 cm³/mol. The Hall–Kier alpha value is -2.45. The molecule has 0 amide bonds. The molecule has 0 aromatic heterocycles. The van der Waals surface area contributed by atoms with Crippen LogP contribution >= 0.6 is 0 Å². The number of hydrogen-bond acceptors (Lipinski definition) is 6. The van der Waals surface area contributed by atoms with Crippen LogP contribution in [0.15, 0.2) is 47.4 Å². The summed E-state index contributed by atoms with van der Waals surface area (Å²) in [6.07, 6.45) is 0. The van der Waals surface area contributed by atoms with Crippen molar-refractivity contribution in [1.82, 2.24) is 4.72 Å². The van der Waals surface area contributed by atoms with E-state index in [1.54, 1.807) is 12.1 Å². The van der Waals surface area contributed by atoms with Crippen LogP contribution in [0.2, 0.25) is 0 Å². The van der Waals surface area contributed by atoms with Gasteiger partial charge in [-0.2, -0.15) is 0 Å². The topological polar surface area (TPSA) is 83.1 Å². The molecule has 0 heterocycles. The second-order valence-corrected chi connectivity index (χ2v) is 6.69. The van der Waals surface area contributed by atoms with E-state index in [1.165, 1.54) is 33.5 Å². The Morgan fingerprint density at radius 1 is 0.920 bits per heavy atom. The van der Waals surface area contributed by atoms with Crippen molar-refractivity contribution in [3.8, 4) is 23.0 Å². The third-order valence-electron chi connectivity index (χ3n) is 3.35. The molecule has 7 nitrogen and oxygen atoms in total. The van der Waals surface area contributed by atoms with Gasteiger partial charge in [-0.15, -0.1) is 0 Å². The minimum atomic E-state index is -3.75. The maximum atomic E-state index is 12.5. The number of sulfonamides is 1. The van der Waals surface area contributed by atoms with Crippen LogP contribution in [0.3, 0.4) is 0 Å². The van der Waals surface area contributed by atoms with Crippen molar-refractivity contribution < 1.29 is 27.4 Å². The molecule has 136 valence electrons. The van der Waals surface area contributed by atoms with Crippen molar-refractivity contribution in [2.45, 2.75) is 4.90 Å². The number of ether oxygens (including phenoxy) is 4. The molecular formula is C17H21NO6S. The molecule has 0 radical (unpaired) electrons. The zero-order valence-corrected chi connectivity index (χ0v) is 15.1. The molecule has 2 rings (SSSR count). The first-order valence-electron chi connectivity index (χ1n) is 7.49. The summed E-state index contributed by atoms with van der Waals surface area (Å²) < 4.78 is 48.4. The molecule has 25 heavy (non-hydrogen) atoms. The molecule has 2 aromatic rings. The largest absolute Gasteiger partial charge is 0.493 e. The van der Waals surface area contributed by atoms with Crippen LogP contribution in [-0.4, -0.2) is 42.9 Å². The highest BCUT2D eigenvalue weighted by atomic mass is 32.2. The van der Waals surface area contributed by atoms with Crippen LogP contribution in [0, 0.1) is 0 Å². The van der Waals surface area contributed by atoms with Crippen molar-refractivity contribution in [1.29, 1.82) is 0 Å². The van der Waals surface area contributed by atoms with Gasteiger partial charge in [0.05, 0.1) is 26.2 Å². The third kappa shape index (κ3) is 4.77. The summed E-state index contributed by atoms with van der Waals surface area (Å²) in [7, 11) is 0.553. The van der Waals surface area contributed by atoms with Crippen LogP contribution < -0.4 is 23.7 Å². The lowest BCUT2D eigenvalue weighted by atomic mass is 10.3. The molecule has 0 atom stereocenters. The summed E-state index contributed by atoms with van der Waals surface area (Å²) >= 11 is 0. The van der Waals surface area contributed by atoms with Crippen molar-refractivity contribution in [3.05, 3.63) is 42.5 Å². The van der Waals surface area contributed by atoms with Gasteiger partial charge >= 0.3 is 0 Å². The first-order valence-corrected chi connectivity index (χ1v) is 8.97. The van der Waals surface area contributed by atoms with Gasteiger partial charge < -0.3 is 18.9 Å². The zero-order chi connectivity index (χ0) is 18.3. The van der Waals surface area contributed by atoms with E-state index in [9.17, 15) is 8.42 Å². The van der Waals surface area contributed by atoms with E-state index < -0.39 is 10.0 Å². The van der Waals surface area contributed by atoms with Crippen LogP contribution in [0.25, 0.3) is 0 Å². The van der Waals surface area contributed by atoms with Gasteiger partial charge in [0.1, 0.15) is 12.4 Å². The standard InChI is InChI=1S/C17H21NO6S/c1-21-15-11-14(12-16(22-2)17(15)23-3)25(19,20)18-9-10-24-13-7-5-4-6-8-13/h4-8,11-12,18H,9-10H2,1-3H3. The highest BCUT2D eigenvalue weighted by molar-refractivity contribution is 7.89. The van der Waals surface area contributed by atoms with Gasteiger partial charge in [0.25, 0.3) is 0 Å². The normalized spacial score (nSPS) is 11.0. The molecule has 0 saturated heterocycles. The second-order valence-electron chi connectivity index (χ2n) is 4.92. The maximum Gasteiger partial charge on any atom is 0.240 e. The van der Waals surface area contributed by atoms with Gasteiger partial charge in [0.2, 0.25) is 15.8 Å². The minimum Gasteiger partial charge on any atom is -0.493 e. The van der Waals surface area contributed by atoms with Crippen molar-refractivity contribution in [3.63, 3.8) is 0 Å². The van der Waals surface area contributed by atoms with Crippen LogP contribution in [0.4, 0.5) is 0 Å². The maximum absolute atomic E-state index is 12.5. The molecule has 0 aliphatic carbocycles. The number of hydrogen-bond donors (Lipinski definition) is 1. The highest BCUT2D eigenvalue weighted by Gasteiger charge is 2.21. The minimum absolute atomic E-state index is 0.0155. The summed E-state index contributed by atoms with van der Waals surface area (Å²) in [5.41, 5.74) is 0. The van der Waals surface area contributed by atoms with E-state index >= 15 is 0 Å². The molecule has 0 unspecified atom stereocenters. The Morgan fingerprint density at radius 2 is 1.52 bits per heavy atom. The average Bonchev–Trinajstić information content (AvgIpc) is 2.64. The summed E-state index contributed by atoms with van der Waals surface area (Å²) in [5.74, 6) is 1.54. The fourth-order valence-corrected chi connectivity index (χ4v) is 3.20. The molecule has 0 saturated carbocycles. The molecule has 0 fully saturated rings. The molecule has 0 aliphatic rings. The van der Waals surface area contributed by atoms with Gasteiger partial charge in [0.15, 0.2) is 11.5 Å². The SMILES string of the molecule is COc1cc(S(=O)(=O)NCCOc2ccccc2)cc(OC)c1OC. The fourth-order valence-electron chi connectivity index (χ4n) is 2.16. The molecular weight excluding hydrogens is 346 g/mol. The quantitative estimate of drug-likeness (QED) is 0.683. The van der Waals surface area contributed by atoms with Crippen molar-refractivity contribution >= 4 is 10.0 Å². The van der Waals surface area contributed by atoms with E-state index in [-0.39, 0.29) is 29.5 Å². The molecule has 0 bridgehead atoms. The Bertz CT molecular complexity index is 767. The lowest BCUT2D eigenvalue weighted by molar-refractivity contribution is 0.321. The van der Waals surface area contributed by atoms with E-state index in [0.717, 1.165) is 0 Å². The number of methoxy groups -OCH3 is 3. The van der Waals surface area contributed by atoms with Gasteiger partial charge in [-0.05, 0) is 12.1 Å². The highest BCUT2D eigenvalue weighted by Crippen LogP contribution is 2.39. The lowest BCUT2D eigenvalue weighted by Gasteiger charge is -2.14. The summed E-state index contributed by atoms with van der Waals surface area (Å²) in [5, 5.41) is 0. The Morgan fingerprint density at radius 3 is 2.04 bits per heavy atom. The van der Waals surface area contributed by atoms with Crippen LogP contribution in [-0.2, 0) is 10.0 Å². The fraction of sp³-hybridized carbons (Fsp3) is 0.294. The summed E-state index contributed by atoms with van der Waals surface area (Å²) in [6.45, 7) is 0.321. The first kappa shape index (κ1) is 18.9. The van der Waals surface area contributed by atoms with E-state index in [2.05, 4.69) is 4.72 Å². The number of nitrogens with one attached hydrogen (secondary N) is 1. The van der Waals surface area contributed by atoms with Gasteiger partial charge in [-0.25, -0.2) is 13.1 Å². The molecule has 2 aromatic carbocycles. The summed E-state index contributed by atoms with van der Waals surface area (Å²) in [6, 6.07) is 11.9.